The Morgan fingerprint density at radius 3 is 2.71 bits per heavy atom. The highest BCUT2D eigenvalue weighted by atomic mass is 35.5. The number of hydrogen-bond donors (Lipinski definition) is 1. The van der Waals surface area contributed by atoms with Gasteiger partial charge in [-0.15, -0.1) is 0 Å². The van der Waals surface area contributed by atoms with E-state index >= 15 is 0 Å². The van der Waals surface area contributed by atoms with Crippen LogP contribution in [0.25, 0.3) is 0 Å². The molecule has 0 bridgehead atoms. The van der Waals surface area contributed by atoms with Gasteiger partial charge in [-0.05, 0) is 36.5 Å². The fourth-order valence-corrected chi connectivity index (χ4v) is 5.15. The van der Waals surface area contributed by atoms with E-state index in [2.05, 4.69) is 6.92 Å². The molecule has 1 aromatic carbocycles. The summed E-state index contributed by atoms with van der Waals surface area (Å²) in [5.41, 5.74) is 0.326. The molecule has 7 heteroatoms. The average Bonchev–Trinajstić information content (AvgIpc) is 2.90. The molecule has 1 aliphatic heterocycles. The van der Waals surface area contributed by atoms with Crippen molar-refractivity contribution in [3.05, 3.63) is 27.7 Å². The predicted molar refractivity (Wildman–Crippen MR) is 84.2 cm³/mol. The second-order valence-electron chi connectivity index (χ2n) is 5.34. The van der Waals surface area contributed by atoms with Crippen LogP contribution in [0.2, 0.25) is 10.0 Å². The van der Waals surface area contributed by atoms with E-state index in [9.17, 15) is 13.5 Å². The van der Waals surface area contributed by atoms with Crippen LogP contribution in [0, 0.1) is 5.92 Å². The van der Waals surface area contributed by atoms with Crippen molar-refractivity contribution in [3.63, 3.8) is 0 Å². The second kappa shape index (κ2) is 6.84. The molecule has 1 saturated heterocycles. The molecule has 4 nitrogen and oxygen atoms in total. The number of aliphatic hydroxyl groups is 1. The number of aliphatic hydroxyl groups excluding tert-OH is 1. The Morgan fingerprint density at radius 2 is 2.10 bits per heavy atom. The summed E-state index contributed by atoms with van der Waals surface area (Å²) in [5, 5.41) is 9.57. The number of rotatable bonds is 5. The number of halogens is 2. The fourth-order valence-electron chi connectivity index (χ4n) is 2.72. The first-order chi connectivity index (χ1) is 9.90. The van der Waals surface area contributed by atoms with Crippen molar-refractivity contribution in [2.24, 2.45) is 5.92 Å². The van der Waals surface area contributed by atoms with Crippen LogP contribution in [0.4, 0.5) is 0 Å². The normalized spacial score (nSPS) is 20.1. The average molecular weight is 352 g/mol. The number of nitrogens with zero attached hydrogens (tertiary/aromatic N) is 1. The quantitative estimate of drug-likeness (QED) is 0.885. The molecule has 1 fully saturated rings. The molecule has 1 aromatic rings. The van der Waals surface area contributed by atoms with Crippen molar-refractivity contribution < 1.29 is 13.5 Å². The molecule has 1 aliphatic rings. The predicted octanol–water partition coefficient (Wildman–Crippen LogP) is 3.30. The lowest BCUT2D eigenvalue weighted by atomic mass is 10.0. The van der Waals surface area contributed by atoms with Gasteiger partial charge < -0.3 is 5.11 Å². The van der Waals surface area contributed by atoms with Crippen LogP contribution >= 0.6 is 23.2 Å². The van der Waals surface area contributed by atoms with Crippen LogP contribution < -0.4 is 0 Å². The van der Waals surface area contributed by atoms with Gasteiger partial charge in [-0.25, -0.2) is 8.42 Å². The van der Waals surface area contributed by atoms with Gasteiger partial charge >= 0.3 is 0 Å². The summed E-state index contributed by atoms with van der Waals surface area (Å²) in [6.07, 6.45) is 2.94. The Bertz CT molecular complexity index is 619. The number of hydrogen-bond acceptors (Lipinski definition) is 3. The van der Waals surface area contributed by atoms with Gasteiger partial charge in [0.1, 0.15) is 4.90 Å². The van der Waals surface area contributed by atoms with Crippen molar-refractivity contribution in [2.45, 2.75) is 37.7 Å². The fraction of sp³-hybridized carbons (Fsp3) is 0.571. The Balaban J connectivity index is 2.35. The molecule has 0 aromatic heterocycles. The Hall–Kier alpha value is -0.330. The zero-order valence-electron chi connectivity index (χ0n) is 11.8. The van der Waals surface area contributed by atoms with Crippen LogP contribution in [0.15, 0.2) is 17.0 Å². The van der Waals surface area contributed by atoms with Crippen molar-refractivity contribution in [1.82, 2.24) is 4.31 Å². The van der Waals surface area contributed by atoms with Crippen molar-refractivity contribution in [3.8, 4) is 0 Å². The highest BCUT2D eigenvalue weighted by Gasteiger charge is 2.34. The molecule has 2 rings (SSSR count). The summed E-state index contributed by atoms with van der Waals surface area (Å²) >= 11 is 12.1. The van der Waals surface area contributed by atoms with E-state index in [4.69, 9.17) is 23.2 Å². The maximum absolute atomic E-state index is 12.7. The summed E-state index contributed by atoms with van der Waals surface area (Å²) in [6, 6.07) is 2.83. The van der Waals surface area contributed by atoms with Crippen LogP contribution in [-0.4, -0.2) is 30.9 Å². The summed E-state index contributed by atoms with van der Waals surface area (Å²) < 4.78 is 26.9. The molecule has 0 spiro atoms. The summed E-state index contributed by atoms with van der Waals surface area (Å²) in [7, 11) is -3.67. The standard InChI is InChI=1S/C14H19Cl2NO3S/c1-2-3-10-4-5-17(8-10)21(19,20)13-7-12(15)6-11(9-18)14(13)16/h6-7,10,18H,2-5,8-9H2,1H3. The lowest BCUT2D eigenvalue weighted by Crippen LogP contribution is -2.29. The zero-order chi connectivity index (χ0) is 15.6. The zero-order valence-corrected chi connectivity index (χ0v) is 14.2. The second-order valence-corrected chi connectivity index (χ2v) is 8.06. The first-order valence-corrected chi connectivity index (χ1v) is 9.18. The number of sulfonamides is 1. The van der Waals surface area contributed by atoms with E-state index in [1.807, 2.05) is 0 Å². The van der Waals surface area contributed by atoms with Crippen molar-refractivity contribution in [1.29, 1.82) is 0 Å². The van der Waals surface area contributed by atoms with Crippen LogP contribution in [0.1, 0.15) is 31.7 Å². The minimum absolute atomic E-state index is 0.0159. The molecule has 0 aliphatic carbocycles. The summed E-state index contributed by atoms with van der Waals surface area (Å²) in [5.74, 6) is 0.403. The molecule has 1 atom stereocenters. The van der Waals surface area contributed by atoms with E-state index in [1.165, 1.54) is 16.4 Å². The molecule has 1 heterocycles. The first kappa shape index (κ1) is 17.0. The molecule has 1 unspecified atom stereocenters. The highest BCUT2D eigenvalue weighted by molar-refractivity contribution is 7.89. The lowest BCUT2D eigenvalue weighted by Gasteiger charge is -2.18. The summed E-state index contributed by atoms with van der Waals surface area (Å²) in [4.78, 5) is -0.0159. The smallest absolute Gasteiger partial charge is 0.244 e. The van der Waals surface area contributed by atoms with Gasteiger partial charge in [-0.1, -0.05) is 36.5 Å². The largest absolute Gasteiger partial charge is 0.392 e. The lowest BCUT2D eigenvalue weighted by molar-refractivity contribution is 0.281. The Kier molecular flexibility index (Phi) is 5.54. The van der Waals surface area contributed by atoms with Gasteiger partial charge in [0, 0.05) is 18.1 Å². The topological polar surface area (TPSA) is 57.6 Å². The van der Waals surface area contributed by atoms with E-state index in [1.54, 1.807) is 0 Å². The summed E-state index contributed by atoms with van der Waals surface area (Å²) in [6.45, 7) is 2.77. The van der Waals surface area contributed by atoms with E-state index < -0.39 is 10.0 Å². The van der Waals surface area contributed by atoms with Crippen molar-refractivity contribution in [2.75, 3.05) is 13.1 Å². The SMILES string of the molecule is CCCC1CCN(S(=O)(=O)c2cc(Cl)cc(CO)c2Cl)C1. The van der Waals surface area contributed by atoms with Crippen LogP contribution in [0.5, 0.6) is 0 Å². The Labute approximate surface area is 135 Å². The monoisotopic (exact) mass is 351 g/mol. The van der Waals surface area contributed by atoms with Gasteiger partial charge in [0.25, 0.3) is 0 Å². The molecular weight excluding hydrogens is 333 g/mol. The number of benzene rings is 1. The maximum atomic E-state index is 12.7. The minimum atomic E-state index is -3.67. The molecular formula is C14H19Cl2NO3S. The highest BCUT2D eigenvalue weighted by Crippen LogP contribution is 2.34. The van der Waals surface area contributed by atoms with Gasteiger partial charge in [0.2, 0.25) is 10.0 Å². The third kappa shape index (κ3) is 3.54. The van der Waals surface area contributed by atoms with Crippen LogP contribution in [-0.2, 0) is 16.6 Å². The molecule has 0 amide bonds. The minimum Gasteiger partial charge on any atom is -0.392 e. The van der Waals surface area contributed by atoms with E-state index in [-0.39, 0.29) is 21.5 Å². The van der Waals surface area contributed by atoms with E-state index in [0.29, 0.717) is 24.6 Å². The third-order valence-electron chi connectivity index (χ3n) is 3.81. The van der Waals surface area contributed by atoms with E-state index in [0.717, 1.165) is 19.3 Å². The maximum Gasteiger partial charge on any atom is 0.244 e. The van der Waals surface area contributed by atoms with Crippen molar-refractivity contribution >= 4 is 33.2 Å². The van der Waals surface area contributed by atoms with Gasteiger partial charge in [-0.3, -0.25) is 0 Å². The molecule has 118 valence electrons. The molecule has 21 heavy (non-hydrogen) atoms. The van der Waals surface area contributed by atoms with Gasteiger partial charge in [-0.2, -0.15) is 4.31 Å². The van der Waals surface area contributed by atoms with Gasteiger partial charge in [0.05, 0.1) is 11.6 Å². The molecule has 0 radical (unpaired) electrons. The van der Waals surface area contributed by atoms with Crippen LogP contribution in [0.3, 0.4) is 0 Å². The van der Waals surface area contributed by atoms with Gasteiger partial charge in [0.15, 0.2) is 0 Å². The Morgan fingerprint density at radius 1 is 1.38 bits per heavy atom. The molecule has 1 N–H and O–H groups in total. The molecule has 0 saturated carbocycles. The first-order valence-electron chi connectivity index (χ1n) is 6.99. The third-order valence-corrected chi connectivity index (χ3v) is 6.48.